The lowest BCUT2D eigenvalue weighted by molar-refractivity contribution is 0.297. The highest BCUT2D eigenvalue weighted by atomic mass is 32.2. The van der Waals surface area contributed by atoms with E-state index in [1.54, 1.807) is 36.9 Å². The zero-order chi connectivity index (χ0) is 23.6. The molecule has 1 aliphatic heterocycles. The molecule has 0 spiro atoms. The number of aromatic nitrogens is 2. The Morgan fingerprint density at radius 2 is 1.94 bits per heavy atom. The second kappa shape index (κ2) is 9.35. The van der Waals surface area contributed by atoms with Gasteiger partial charge in [-0.3, -0.25) is 0 Å². The number of aryl methyl sites for hydroxylation is 1. The predicted molar refractivity (Wildman–Crippen MR) is 127 cm³/mol. The fourth-order valence-electron chi connectivity index (χ4n) is 4.25. The number of imidazole rings is 1. The topological polar surface area (TPSA) is 85.5 Å². The second-order valence-electron chi connectivity index (χ2n) is 8.51. The van der Waals surface area contributed by atoms with Crippen LogP contribution >= 0.6 is 0 Å². The van der Waals surface area contributed by atoms with Gasteiger partial charge in [0.05, 0.1) is 30.2 Å². The summed E-state index contributed by atoms with van der Waals surface area (Å²) in [4.78, 5) is 6.44. The first-order valence-corrected chi connectivity index (χ1v) is 12.2. The molecular weight excluding hydrogens is 436 g/mol. The van der Waals surface area contributed by atoms with Gasteiger partial charge in [-0.05, 0) is 35.7 Å². The third-order valence-electron chi connectivity index (χ3n) is 6.06. The Morgan fingerprint density at radius 1 is 1.18 bits per heavy atom. The summed E-state index contributed by atoms with van der Waals surface area (Å²) in [6, 6.07) is 17.3. The van der Waals surface area contributed by atoms with Crippen LogP contribution in [0.15, 0.2) is 61.1 Å². The summed E-state index contributed by atoms with van der Waals surface area (Å²) < 4.78 is 31.7. The van der Waals surface area contributed by atoms with Gasteiger partial charge >= 0.3 is 0 Å². The SMILES string of the molecule is CN(C)S(=O)(=O)N1Cc2cc(C#N)ccc2N(Cc2cncn2C)C[C@H]1Cc1ccccc1. The Balaban J connectivity index is 1.82. The van der Waals surface area contributed by atoms with E-state index in [1.165, 1.54) is 4.31 Å². The Hall–Kier alpha value is -3.19. The molecule has 0 saturated heterocycles. The van der Waals surface area contributed by atoms with Crippen molar-refractivity contribution in [3.63, 3.8) is 0 Å². The van der Waals surface area contributed by atoms with Crippen LogP contribution in [-0.4, -0.2) is 53.3 Å². The number of nitriles is 1. The van der Waals surface area contributed by atoms with Crippen molar-refractivity contribution in [2.24, 2.45) is 7.05 Å². The molecule has 2 heterocycles. The Morgan fingerprint density at radius 3 is 2.58 bits per heavy atom. The van der Waals surface area contributed by atoms with Crippen LogP contribution in [0, 0.1) is 11.3 Å². The van der Waals surface area contributed by atoms with Gasteiger partial charge in [-0.1, -0.05) is 30.3 Å². The first kappa shape index (κ1) is 23.0. The maximum absolute atomic E-state index is 13.4. The highest BCUT2D eigenvalue weighted by molar-refractivity contribution is 7.86. The molecular formula is C24H28N6O2S. The van der Waals surface area contributed by atoms with Crippen LogP contribution in [-0.2, 0) is 36.8 Å². The van der Waals surface area contributed by atoms with Crippen molar-refractivity contribution in [2.45, 2.75) is 25.6 Å². The first-order chi connectivity index (χ1) is 15.8. The van der Waals surface area contributed by atoms with Crippen molar-refractivity contribution in [1.82, 2.24) is 18.2 Å². The molecule has 172 valence electrons. The minimum atomic E-state index is -3.71. The lowest BCUT2D eigenvalue weighted by Crippen LogP contribution is -2.49. The number of benzene rings is 2. The van der Waals surface area contributed by atoms with E-state index in [9.17, 15) is 13.7 Å². The van der Waals surface area contributed by atoms with Gasteiger partial charge in [0.15, 0.2) is 0 Å². The van der Waals surface area contributed by atoms with Crippen LogP contribution < -0.4 is 4.90 Å². The van der Waals surface area contributed by atoms with Crippen molar-refractivity contribution in [3.05, 3.63) is 83.4 Å². The molecule has 8 nitrogen and oxygen atoms in total. The van der Waals surface area contributed by atoms with Crippen molar-refractivity contribution in [2.75, 3.05) is 25.5 Å². The summed E-state index contributed by atoms with van der Waals surface area (Å²) >= 11 is 0. The summed E-state index contributed by atoms with van der Waals surface area (Å²) in [5.74, 6) is 0. The Bertz CT molecular complexity index is 1260. The van der Waals surface area contributed by atoms with Gasteiger partial charge in [-0.15, -0.1) is 0 Å². The normalized spacial score (nSPS) is 16.9. The zero-order valence-corrected chi connectivity index (χ0v) is 19.9. The van der Waals surface area contributed by atoms with Gasteiger partial charge in [0.25, 0.3) is 10.2 Å². The third-order valence-corrected chi connectivity index (χ3v) is 8.00. The molecule has 0 bridgehead atoms. The smallest absolute Gasteiger partial charge is 0.282 e. The van der Waals surface area contributed by atoms with E-state index in [0.29, 0.717) is 25.1 Å². The molecule has 0 radical (unpaired) electrons. The standard InChI is InChI=1S/C24H28N6O2S/c1-27(2)33(31,32)30-15-21-11-20(13-25)9-10-24(21)29(17-23-14-26-18-28(23)3)16-22(30)12-19-7-5-4-6-8-19/h4-11,14,18,22H,12,15-17H2,1-3H3/t22-/m1/s1. The van der Waals surface area contributed by atoms with Gasteiger partial charge in [0.2, 0.25) is 0 Å². The van der Waals surface area contributed by atoms with E-state index in [4.69, 9.17) is 0 Å². The highest BCUT2D eigenvalue weighted by Gasteiger charge is 2.37. The summed E-state index contributed by atoms with van der Waals surface area (Å²) in [6.07, 6.45) is 4.17. The molecule has 0 fully saturated rings. The average molecular weight is 465 g/mol. The highest BCUT2D eigenvalue weighted by Crippen LogP contribution is 2.32. The molecule has 0 saturated carbocycles. The van der Waals surface area contributed by atoms with E-state index in [0.717, 1.165) is 22.5 Å². The molecule has 1 aromatic heterocycles. The number of hydrogen-bond acceptors (Lipinski definition) is 5. The Labute approximate surface area is 195 Å². The first-order valence-electron chi connectivity index (χ1n) is 10.8. The van der Waals surface area contributed by atoms with E-state index < -0.39 is 10.2 Å². The lowest BCUT2D eigenvalue weighted by atomic mass is 10.1. The second-order valence-corrected chi connectivity index (χ2v) is 10.6. The molecule has 1 atom stereocenters. The van der Waals surface area contributed by atoms with E-state index in [1.807, 2.05) is 54.2 Å². The maximum atomic E-state index is 13.4. The van der Waals surface area contributed by atoms with Gasteiger partial charge in [0, 0.05) is 52.2 Å². The van der Waals surface area contributed by atoms with Crippen LogP contribution in [0.1, 0.15) is 22.4 Å². The largest absolute Gasteiger partial charge is 0.364 e. The van der Waals surface area contributed by atoms with Crippen molar-refractivity contribution in [1.29, 1.82) is 5.26 Å². The minimum Gasteiger partial charge on any atom is -0.364 e. The average Bonchev–Trinajstić information content (AvgIpc) is 3.13. The molecule has 33 heavy (non-hydrogen) atoms. The fourth-order valence-corrected chi connectivity index (χ4v) is 5.49. The van der Waals surface area contributed by atoms with Crippen LogP contribution in [0.25, 0.3) is 0 Å². The van der Waals surface area contributed by atoms with Gasteiger partial charge in [-0.2, -0.15) is 22.3 Å². The summed E-state index contributed by atoms with van der Waals surface area (Å²) in [6.45, 7) is 1.29. The van der Waals surface area contributed by atoms with Crippen LogP contribution in [0.3, 0.4) is 0 Å². The maximum Gasteiger partial charge on any atom is 0.282 e. The van der Waals surface area contributed by atoms with E-state index in [2.05, 4.69) is 16.0 Å². The minimum absolute atomic E-state index is 0.199. The molecule has 2 aromatic carbocycles. The fraction of sp³-hybridized carbons (Fsp3) is 0.333. The van der Waals surface area contributed by atoms with E-state index >= 15 is 0 Å². The number of fused-ring (bicyclic) bond motifs is 1. The van der Waals surface area contributed by atoms with Gasteiger partial charge in [0.1, 0.15) is 0 Å². The van der Waals surface area contributed by atoms with Crippen molar-refractivity contribution in [3.8, 4) is 6.07 Å². The predicted octanol–water partition coefficient (Wildman–Crippen LogP) is 2.53. The summed E-state index contributed by atoms with van der Waals surface area (Å²) in [5.41, 5.74) is 4.36. The van der Waals surface area contributed by atoms with Crippen LogP contribution in [0.4, 0.5) is 5.69 Å². The van der Waals surface area contributed by atoms with Gasteiger partial charge < -0.3 is 9.47 Å². The molecule has 0 N–H and O–H groups in total. The number of rotatable bonds is 6. The number of hydrogen-bond donors (Lipinski definition) is 0. The van der Waals surface area contributed by atoms with Crippen LogP contribution in [0.2, 0.25) is 0 Å². The Kier molecular flexibility index (Phi) is 6.51. The monoisotopic (exact) mass is 464 g/mol. The number of nitrogens with zero attached hydrogens (tertiary/aromatic N) is 6. The number of anilines is 1. The summed E-state index contributed by atoms with van der Waals surface area (Å²) in [5, 5.41) is 9.46. The molecule has 4 rings (SSSR count). The molecule has 1 aliphatic rings. The lowest BCUT2D eigenvalue weighted by Gasteiger charge is -2.33. The molecule has 0 unspecified atom stereocenters. The molecule has 9 heteroatoms. The van der Waals surface area contributed by atoms with Gasteiger partial charge in [-0.25, -0.2) is 4.98 Å². The third kappa shape index (κ3) is 4.78. The zero-order valence-electron chi connectivity index (χ0n) is 19.1. The molecule has 3 aromatic rings. The summed E-state index contributed by atoms with van der Waals surface area (Å²) in [7, 11) is 1.35. The van der Waals surface area contributed by atoms with Crippen molar-refractivity contribution < 1.29 is 8.42 Å². The quantitative estimate of drug-likeness (QED) is 0.560. The van der Waals surface area contributed by atoms with Crippen LogP contribution in [0.5, 0.6) is 0 Å². The molecule has 0 amide bonds. The molecule has 0 aliphatic carbocycles. The van der Waals surface area contributed by atoms with Crippen molar-refractivity contribution >= 4 is 15.9 Å². The van der Waals surface area contributed by atoms with E-state index in [-0.39, 0.29) is 12.6 Å².